The Morgan fingerprint density at radius 2 is 1.82 bits per heavy atom. The fourth-order valence-corrected chi connectivity index (χ4v) is 2.02. The molecule has 2 aromatic rings. The van der Waals surface area contributed by atoms with Crippen LogP contribution in [0.4, 0.5) is 5.69 Å². The minimum absolute atomic E-state index is 0.541. The molecule has 0 aliphatic carbocycles. The fraction of sp³-hybridized carbons (Fsp3) is 0.143. The standard InChI is InChI=1S/C14H14BrNO/c15-13-6-3-4-11(8-13)9-17-10-12-5-1-2-7-14(12)16/h1-8H,9-10,16H2. The number of hydrogen-bond acceptors (Lipinski definition) is 2. The molecular formula is C14H14BrNO. The number of anilines is 1. The Hall–Kier alpha value is -1.32. The molecule has 0 heterocycles. The summed E-state index contributed by atoms with van der Waals surface area (Å²) in [5.41, 5.74) is 8.79. The van der Waals surface area contributed by atoms with Crippen molar-refractivity contribution in [3.8, 4) is 0 Å². The first-order valence-electron chi connectivity index (χ1n) is 5.41. The normalized spacial score (nSPS) is 10.4. The first-order chi connectivity index (χ1) is 8.25. The van der Waals surface area contributed by atoms with E-state index < -0.39 is 0 Å². The van der Waals surface area contributed by atoms with E-state index >= 15 is 0 Å². The van der Waals surface area contributed by atoms with E-state index in [9.17, 15) is 0 Å². The summed E-state index contributed by atoms with van der Waals surface area (Å²) in [5.74, 6) is 0. The van der Waals surface area contributed by atoms with E-state index in [1.54, 1.807) is 0 Å². The third-order valence-corrected chi connectivity index (χ3v) is 2.96. The largest absolute Gasteiger partial charge is 0.398 e. The number of nitrogens with two attached hydrogens (primary N) is 1. The molecule has 0 spiro atoms. The van der Waals surface area contributed by atoms with E-state index in [1.165, 1.54) is 0 Å². The highest BCUT2D eigenvalue weighted by atomic mass is 79.9. The Balaban J connectivity index is 1.90. The van der Waals surface area contributed by atoms with Gasteiger partial charge in [0.25, 0.3) is 0 Å². The van der Waals surface area contributed by atoms with Crippen molar-refractivity contribution in [2.24, 2.45) is 0 Å². The van der Waals surface area contributed by atoms with Gasteiger partial charge in [0.1, 0.15) is 0 Å². The van der Waals surface area contributed by atoms with Crippen molar-refractivity contribution < 1.29 is 4.74 Å². The molecule has 3 heteroatoms. The molecule has 2 N–H and O–H groups in total. The van der Waals surface area contributed by atoms with Gasteiger partial charge in [-0.05, 0) is 23.8 Å². The van der Waals surface area contributed by atoms with Gasteiger partial charge in [0, 0.05) is 15.7 Å². The number of halogens is 1. The lowest BCUT2D eigenvalue weighted by Gasteiger charge is -2.07. The highest BCUT2D eigenvalue weighted by Gasteiger charge is 1.99. The molecule has 2 aromatic carbocycles. The lowest BCUT2D eigenvalue weighted by Crippen LogP contribution is -1.98. The summed E-state index contributed by atoms with van der Waals surface area (Å²) >= 11 is 3.44. The molecule has 0 fully saturated rings. The molecule has 2 nitrogen and oxygen atoms in total. The fourth-order valence-electron chi connectivity index (χ4n) is 1.57. The molecule has 0 aliphatic heterocycles. The van der Waals surface area contributed by atoms with E-state index in [4.69, 9.17) is 10.5 Å². The number of benzene rings is 2. The summed E-state index contributed by atoms with van der Waals surface area (Å²) in [7, 11) is 0. The summed E-state index contributed by atoms with van der Waals surface area (Å²) < 4.78 is 6.71. The summed E-state index contributed by atoms with van der Waals surface area (Å²) in [5, 5.41) is 0. The van der Waals surface area contributed by atoms with Crippen molar-refractivity contribution in [3.05, 3.63) is 64.1 Å². The van der Waals surface area contributed by atoms with Crippen LogP contribution in [0.3, 0.4) is 0 Å². The molecule has 0 unspecified atom stereocenters. The Labute approximate surface area is 110 Å². The zero-order chi connectivity index (χ0) is 12.1. The monoisotopic (exact) mass is 291 g/mol. The highest BCUT2D eigenvalue weighted by molar-refractivity contribution is 9.10. The number of ether oxygens (including phenoxy) is 1. The van der Waals surface area contributed by atoms with Gasteiger partial charge < -0.3 is 10.5 Å². The van der Waals surface area contributed by atoms with E-state index in [0.29, 0.717) is 13.2 Å². The molecule has 88 valence electrons. The Morgan fingerprint density at radius 3 is 2.59 bits per heavy atom. The molecule has 0 aliphatic rings. The molecule has 0 saturated heterocycles. The minimum atomic E-state index is 0.541. The maximum atomic E-state index is 5.84. The smallest absolute Gasteiger partial charge is 0.0741 e. The number of nitrogen functional groups attached to an aromatic ring is 1. The van der Waals surface area contributed by atoms with Crippen molar-refractivity contribution in [2.45, 2.75) is 13.2 Å². The Bertz CT molecular complexity index is 499. The van der Waals surface area contributed by atoms with Crippen molar-refractivity contribution in [2.75, 3.05) is 5.73 Å². The van der Waals surface area contributed by atoms with E-state index in [2.05, 4.69) is 15.9 Å². The van der Waals surface area contributed by atoms with E-state index in [0.717, 1.165) is 21.3 Å². The van der Waals surface area contributed by atoms with Gasteiger partial charge in [0.2, 0.25) is 0 Å². The molecule has 0 aromatic heterocycles. The maximum Gasteiger partial charge on any atom is 0.0741 e. The predicted octanol–water partition coefficient (Wildman–Crippen LogP) is 3.75. The number of rotatable bonds is 4. The van der Waals surface area contributed by atoms with Crippen LogP contribution in [0.25, 0.3) is 0 Å². The molecular weight excluding hydrogens is 278 g/mol. The van der Waals surface area contributed by atoms with E-state index in [-0.39, 0.29) is 0 Å². The lowest BCUT2D eigenvalue weighted by molar-refractivity contribution is 0.107. The summed E-state index contributed by atoms with van der Waals surface area (Å²) in [6, 6.07) is 15.8. The van der Waals surface area contributed by atoms with Gasteiger partial charge in [-0.25, -0.2) is 0 Å². The van der Waals surface area contributed by atoms with Crippen molar-refractivity contribution >= 4 is 21.6 Å². The maximum absolute atomic E-state index is 5.84. The lowest BCUT2D eigenvalue weighted by atomic mass is 10.2. The molecule has 0 bridgehead atoms. The highest BCUT2D eigenvalue weighted by Crippen LogP contribution is 2.15. The van der Waals surface area contributed by atoms with Crippen LogP contribution in [0.1, 0.15) is 11.1 Å². The first kappa shape index (κ1) is 12.1. The van der Waals surface area contributed by atoms with E-state index in [1.807, 2.05) is 48.5 Å². The van der Waals surface area contributed by atoms with Gasteiger partial charge in [-0.3, -0.25) is 0 Å². The number of hydrogen-bond donors (Lipinski definition) is 1. The Kier molecular flexibility index (Phi) is 4.18. The number of para-hydroxylation sites is 1. The van der Waals surface area contributed by atoms with Crippen molar-refractivity contribution in [1.82, 2.24) is 0 Å². The van der Waals surface area contributed by atoms with Crippen LogP contribution in [0, 0.1) is 0 Å². The van der Waals surface area contributed by atoms with Crippen LogP contribution >= 0.6 is 15.9 Å². The van der Waals surface area contributed by atoms with Crippen LogP contribution in [0.2, 0.25) is 0 Å². The summed E-state index contributed by atoms with van der Waals surface area (Å²) in [4.78, 5) is 0. The van der Waals surface area contributed by atoms with Gasteiger partial charge in [0.15, 0.2) is 0 Å². The molecule has 0 saturated carbocycles. The van der Waals surface area contributed by atoms with Gasteiger partial charge in [-0.1, -0.05) is 46.3 Å². The van der Waals surface area contributed by atoms with Crippen LogP contribution in [0.5, 0.6) is 0 Å². The second-order valence-electron chi connectivity index (χ2n) is 3.82. The SMILES string of the molecule is Nc1ccccc1COCc1cccc(Br)c1. The minimum Gasteiger partial charge on any atom is -0.398 e. The average molecular weight is 292 g/mol. The second-order valence-corrected chi connectivity index (χ2v) is 4.74. The molecule has 0 amide bonds. The zero-order valence-corrected chi connectivity index (χ0v) is 11.0. The Morgan fingerprint density at radius 1 is 1.00 bits per heavy atom. The van der Waals surface area contributed by atoms with Gasteiger partial charge in [-0.2, -0.15) is 0 Å². The molecule has 2 rings (SSSR count). The average Bonchev–Trinajstić information content (AvgIpc) is 2.32. The van der Waals surface area contributed by atoms with Gasteiger partial charge >= 0.3 is 0 Å². The van der Waals surface area contributed by atoms with Crippen molar-refractivity contribution in [1.29, 1.82) is 0 Å². The topological polar surface area (TPSA) is 35.2 Å². The van der Waals surface area contributed by atoms with Gasteiger partial charge in [-0.15, -0.1) is 0 Å². The van der Waals surface area contributed by atoms with Crippen LogP contribution < -0.4 is 5.73 Å². The summed E-state index contributed by atoms with van der Waals surface area (Å²) in [6.45, 7) is 1.13. The van der Waals surface area contributed by atoms with Crippen molar-refractivity contribution in [3.63, 3.8) is 0 Å². The zero-order valence-electron chi connectivity index (χ0n) is 9.40. The second kappa shape index (κ2) is 5.84. The third kappa shape index (κ3) is 3.58. The summed E-state index contributed by atoms with van der Waals surface area (Å²) in [6.07, 6.45) is 0. The van der Waals surface area contributed by atoms with Crippen LogP contribution in [-0.2, 0) is 18.0 Å². The molecule has 0 radical (unpaired) electrons. The third-order valence-electron chi connectivity index (χ3n) is 2.47. The quantitative estimate of drug-likeness (QED) is 0.871. The first-order valence-corrected chi connectivity index (χ1v) is 6.20. The van der Waals surface area contributed by atoms with Crippen LogP contribution in [0.15, 0.2) is 53.0 Å². The van der Waals surface area contributed by atoms with Gasteiger partial charge in [0.05, 0.1) is 13.2 Å². The molecule has 0 atom stereocenters. The van der Waals surface area contributed by atoms with Crippen LogP contribution in [-0.4, -0.2) is 0 Å². The molecule has 17 heavy (non-hydrogen) atoms. The predicted molar refractivity (Wildman–Crippen MR) is 73.5 cm³/mol.